The normalized spacial score (nSPS) is 11.6. The molecule has 4 rings (SSSR count). The van der Waals surface area contributed by atoms with Crippen LogP contribution in [-0.2, 0) is 9.84 Å². The van der Waals surface area contributed by atoms with E-state index in [1.165, 1.54) is 36.4 Å². The van der Waals surface area contributed by atoms with Crippen molar-refractivity contribution in [1.29, 1.82) is 0 Å². The Bertz CT molecular complexity index is 1240. The molecule has 0 saturated carbocycles. The Balaban J connectivity index is 1.70. The molecular weight excluding hydrogens is 366 g/mol. The molecule has 27 heavy (non-hydrogen) atoms. The van der Waals surface area contributed by atoms with Crippen LogP contribution < -0.4 is 0 Å². The first kappa shape index (κ1) is 16.9. The van der Waals surface area contributed by atoms with Crippen molar-refractivity contribution in [2.45, 2.75) is 9.79 Å². The fraction of sp³-hybridized carbons (Fsp3) is 0. The number of hydrogen-bond acceptors (Lipinski definition) is 5. The topological polar surface area (TPSA) is 102 Å². The van der Waals surface area contributed by atoms with Gasteiger partial charge in [-0.25, -0.2) is 17.9 Å². The summed E-state index contributed by atoms with van der Waals surface area (Å²) in [7, 11) is -3.75. The number of para-hydroxylation sites is 1. The summed E-state index contributed by atoms with van der Waals surface area (Å²) in [6.07, 6.45) is 0. The number of nitrogens with zero attached hydrogens (tertiary/aromatic N) is 3. The third-order valence-electron chi connectivity index (χ3n) is 4.15. The second-order valence-electron chi connectivity index (χ2n) is 5.82. The van der Waals surface area contributed by atoms with Crippen molar-refractivity contribution in [2.75, 3.05) is 0 Å². The number of sulfone groups is 1. The summed E-state index contributed by atoms with van der Waals surface area (Å²) in [5.74, 6) is -1.11. The minimum atomic E-state index is -3.75. The minimum absolute atomic E-state index is 0.0300. The maximum Gasteiger partial charge on any atom is 0.335 e. The van der Waals surface area contributed by atoms with Crippen LogP contribution in [0.15, 0.2) is 82.6 Å². The van der Waals surface area contributed by atoms with Crippen molar-refractivity contribution in [3.05, 3.63) is 78.4 Å². The molecule has 0 bridgehead atoms. The number of rotatable bonds is 4. The van der Waals surface area contributed by atoms with Gasteiger partial charge in [0.2, 0.25) is 9.84 Å². The van der Waals surface area contributed by atoms with E-state index in [2.05, 4.69) is 10.3 Å². The van der Waals surface area contributed by atoms with E-state index in [0.717, 1.165) is 11.0 Å². The summed E-state index contributed by atoms with van der Waals surface area (Å²) in [6.45, 7) is 0. The third-order valence-corrected chi connectivity index (χ3v) is 5.94. The van der Waals surface area contributed by atoms with Crippen molar-refractivity contribution in [1.82, 2.24) is 15.0 Å². The smallest absolute Gasteiger partial charge is 0.335 e. The van der Waals surface area contributed by atoms with Crippen LogP contribution in [-0.4, -0.2) is 34.5 Å². The van der Waals surface area contributed by atoms with E-state index in [9.17, 15) is 13.2 Å². The Morgan fingerprint density at radius 1 is 0.852 bits per heavy atom. The van der Waals surface area contributed by atoms with Gasteiger partial charge in [-0.15, -0.1) is 5.10 Å². The SMILES string of the molecule is O=C(O)c1ccc(S(=O)(=O)c2ccc(-n3nnc4ccccc43)cc2)cc1. The lowest BCUT2D eigenvalue weighted by atomic mass is 10.2. The van der Waals surface area contributed by atoms with Crippen LogP contribution in [0.1, 0.15) is 10.4 Å². The molecule has 0 spiro atoms. The zero-order chi connectivity index (χ0) is 19.0. The Hall–Kier alpha value is -3.52. The highest BCUT2D eigenvalue weighted by Gasteiger charge is 2.18. The highest BCUT2D eigenvalue weighted by atomic mass is 32.2. The van der Waals surface area contributed by atoms with E-state index < -0.39 is 15.8 Å². The van der Waals surface area contributed by atoms with Crippen LogP contribution in [0.25, 0.3) is 16.7 Å². The number of aromatic nitrogens is 3. The Kier molecular flexibility index (Phi) is 3.97. The molecule has 0 unspecified atom stereocenters. The molecular formula is C19H13N3O4S. The minimum Gasteiger partial charge on any atom is -0.478 e. The summed E-state index contributed by atoms with van der Waals surface area (Å²) in [6, 6.07) is 18.9. The average molecular weight is 379 g/mol. The van der Waals surface area contributed by atoms with Gasteiger partial charge in [-0.3, -0.25) is 0 Å². The number of fused-ring (bicyclic) bond motifs is 1. The number of hydrogen-bond donors (Lipinski definition) is 1. The van der Waals surface area contributed by atoms with Gasteiger partial charge in [-0.1, -0.05) is 17.3 Å². The predicted molar refractivity (Wildman–Crippen MR) is 97.7 cm³/mol. The summed E-state index contributed by atoms with van der Waals surface area (Å²) >= 11 is 0. The number of carboxylic acid groups (broad SMARTS) is 1. The first-order valence-corrected chi connectivity index (χ1v) is 9.44. The lowest BCUT2D eigenvalue weighted by Gasteiger charge is -2.07. The van der Waals surface area contributed by atoms with Gasteiger partial charge >= 0.3 is 5.97 Å². The second kappa shape index (κ2) is 6.33. The van der Waals surface area contributed by atoms with Crippen molar-refractivity contribution in [3.8, 4) is 5.69 Å². The maximum atomic E-state index is 12.7. The molecule has 1 heterocycles. The van der Waals surface area contributed by atoms with Gasteiger partial charge < -0.3 is 5.11 Å². The van der Waals surface area contributed by atoms with Crippen LogP contribution in [0.4, 0.5) is 0 Å². The van der Waals surface area contributed by atoms with Gasteiger partial charge in [0.05, 0.1) is 26.6 Å². The van der Waals surface area contributed by atoms with Gasteiger partial charge in [-0.05, 0) is 60.7 Å². The molecule has 0 radical (unpaired) electrons. The highest BCUT2D eigenvalue weighted by molar-refractivity contribution is 7.91. The standard InChI is InChI=1S/C19H13N3O4S/c23-19(24)13-5-9-15(10-6-13)27(25,26)16-11-7-14(8-12-16)22-18-4-2-1-3-17(18)20-21-22/h1-12H,(H,23,24). The molecule has 0 atom stereocenters. The molecule has 0 amide bonds. The van der Waals surface area contributed by atoms with E-state index in [0.29, 0.717) is 5.69 Å². The molecule has 0 aliphatic rings. The molecule has 1 N–H and O–H groups in total. The maximum absolute atomic E-state index is 12.7. The monoisotopic (exact) mass is 379 g/mol. The fourth-order valence-corrected chi connectivity index (χ4v) is 4.00. The van der Waals surface area contributed by atoms with Crippen LogP contribution in [0, 0.1) is 0 Å². The molecule has 0 fully saturated rings. The van der Waals surface area contributed by atoms with Crippen molar-refractivity contribution in [3.63, 3.8) is 0 Å². The number of aromatic carboxylic acids is 1. The van der Waals surface area contributed by atoms with Crippen LogP contribution in [0.5, 0.6) is 0 Å². The number of benzene rings is 3. The van der Waals surface area contributed by atoms with Gasteiger partial charge in [0.15, 0.2) is 0 Å². The van der Waals surface area contributed by atoms with E-state index in [4.69, 9.17) is 5.11 Å². The lowest BCUT2D eigenvalue weighted by molar-refractivity contribution is 0.0696. The molecule has 1 aromatic heterocycles. The largest absolute Gasteiger partial charge is 0.478 e. The zero-order valence-corrected chi connectivity index (χ0v) is 14.7. The fourth-order valence-electron chi connectivity index (χ4n) is 2.74. The summed E-state index contributed by atoms with van der Waals surface area (Å²) in [5, 5.41) is 17.1. The van der Waals surface area contributed by atoms with E-state index in [-0.39, 0.29) is 15.4 Å². The van der Waals surface area contributed by atoms with Crippen molar-refractivity contribution in [2.24, 2.45) is 0 Å². The first-order valence-electron chi connectivity index (χ1n) is 7.96. The van der Waals surface area contributed by atoms with Crippen LogP contribution in [0.3, 0.4) is 0 Å². The summed E-state index contributed by atoms with van der Waals surface area (Å²) in [4.78, 5) is 11.1. The molecule has 134 valence electrons. The second-order valence-corrected chi connectivity index (χ2v) is 7.77. The van der Waals surface area contributed by atoms with E-state index in [1.807, 2.05) is 24.3 Å². The molecule has 8 heteroatoms. The van der Waals surface area contributed by atoms with Gasteiger partial charge in [-0.2, -0.15) is 0 Å². The molecule has 0 aliphatic carbocycles. The third kappa shape index (κ3) is 2.96. The van der Waals surface area contributed by atoms with Gasteiger partial charge in [0.25, 0.3) is 0 Å². The lowest BCUT2D eigenvalue weighted by Crippen LogP contribution is -2.04. The summed E-state index contributed by atoms with van der Waals surface area (Å²) in [5.41, 5.74) is 2.27. The van der Waals surface area contributed by atoms with Crippen molar-refractivity contribution >= 4 is 26.8 Å². The van der Waals surface area contributed by atoms with Gasteiger partial charge in [0.1, 0.15) is 5.52 Å². The Labute approximate surface area is 154 Å². The average Bonchev–Trinajstić information content (AvgIpc) is 3.12. The summed E-state index contributed by atoms with van der Waals surface area (Å²) < 4.78 is 27.1. The Morgan fingerprint density at radius 2 is 1.44 bits per heavy atom. The number of carboxylic acids is 1. The Morgan fingerprint density at radius 3 is 2.07 bits per heavy atom. The van der Waals surface area contributed by atoms with E-state index in [1.54, 1.807) is 16.8 Å². The zero-order valence-electron chi connectivity index (χ0n) is 13.9. The molecule has 3 aromatic carbocycles. The molecule has 4 aromatic rings. The van der Waals surface area contributed by atoms with Crippen molar-refractivity contribution < 1.29 is 18.3 Å². The first-order chi connectivity index (χ1) is 13.0. The van der Waals surface area contributed by atoms with Crippen LogP contribution in [0.2, 0.25) is 0 Å². The molecule has 7 nitrogen and oxygen atoms in total. The number of carbonyl (C=O) groups is 1. The van der Waals surface area contributed by atoms with E-state index >= 15 is 0 Å². The van der Waals surface area contributed by atoms with Crippen LogP contribution >= 0.6 is 0 Å². The quantitative estimate of drug-likeness (QED) is 0.585. The highest BCUT2D eigenvalue weighted by Crippen LogP contribution is 2.23. The molecule has 0 saturated heterocycles. The predicted octanol–water partition coefficient (Wildman–Crippen LogP) is 2.95. The van der Waals surface area contributed by atoms with Gasteiger partial charge in [0, 0.05) is 0 Å². The molecule has 0 aliphatic heterocycles.